The highest BCUT2D eigenvalue weighted by molar-refractivity contribution is 9.10. The standard InChI is InChI=1S/C29H29BrF2N3O8PS/c1-4-19(2)43-44(39,40)29(31,32)25-13-8-21(15-26(25)30)17-34-27(22-9-11-24(12-10-22)45(3,41)42)18-33(28(34)36)16-20-6-5-7-23(14-20)35(37)38/h5-15,18-19H,4,16-17H2,1-3H3,(H,39,40). The zero-order valence-corrected chi connectivity index (χ0v) is 27.6. The summed E-state index contributed by atoms with van der Waals surface area (Å²) in [6, 6.07) is 15.2. The van der Waals surface area contributed by atoms with Gasteiger partial charge in [-0.15, -0.1) is 0 Å². The molecule has 2 atom stereocenters. The van der Waals surface area contributed by atoms with Crippen LogP contribution < -0.4 is 5.69 Å². The number of hydrogen-bond acceptors (Lipinski definition) is 7. The molecule has 2 unspecified atom stereocenters. The first kappa shape index (κ1) is 34.4. The maximum Gasteiger partial charge on any atom is 0.402 e. The molecular formula is C29H29BrF2N3O8PS. The SMILES string of the molecule is CCC(C)OP(=O)(O)C(F)(F)c1ccc(Cn2c(-c3ccc(S(C)(=O)=O)cc3)cn(Cc3cccc([N+](=O)[O-])c3)c2=O)cc1Br. The zero-order valence-electron chi connectivity index (χ0n) is 24.3. The van der Waals surface area contributed by atoms with Gasteiger partial charge in [-0.2, -0.15) is 8.78 Å². The van der Waals surface area contributed by atoms with Gasteiger partial charge in [0.25, 0.3) is 5.69 Å². The first-order chi connectivity index (χ1) is 20.9. The van der Waals surface area contributed by atoms with Crippen LogP contribution in [0.25, 0.3) is 11.3 Å². The number of imidazole rings is 1. The van der Waals surface area contributed by atoms with E-state index in [1.54, 1.807) is 13.0 Å². The normalized spacial score (nSPS) is 14.2. The molecule has 0 saturated heterocycles. The van der Waals surface area contributed by atoms with Crippen molar-refractivity contribution in [3.63, 3.8) is 0 Å². The Balaban J connectivity index is 1.76. The highest BCUT2D eigenvalue weighted by Gasteiger charge is 2.54. The minimum absolute atomic E-state index is 0.0290. The summed E-state index contributed by atoms with van der Waals surface area (Å²) in [7, 11) is -8.91. The van der Waals surface area contributed by atoms with Crippen molar-refractivity contribution in [1.82, 2.24) is 9.13 Å². The molecule has 1 heterocycles. The molecule has 0 amide bonds. The molecule has 240 valence electrons. The molecule has 0 bridgehead atoms. The molecule has 0 aliphatic heterocycles. The molecule has 0 saturated carbocycles. The maximum absolute atomic E-state index is 15.2. The summed E-state index contributed by atoms with van der Waals surface area (Å²) in [5, 5.41) is 11.2. The Morgan fingerprint density at radius 2 is 1.73 bits per heavy atom. The van der Waals surface area contributed by atoms with E-state index in [4.69, 9.17) is 4.52 Å². The van der Waals surface area contributed by atoms with Crippen molar-refractivity contribution in [3.05, 3.63) is 115 Å². The molecule has 0 aliphatic rings. The zero-order chi connectivity index (χ0) is 33.3. The molecule has 3 aromatic carbocycles. The molecule has 4 rings (SSSR count). The minimum Gasteiger partial charge on any atom is -0.320 e. The molecule has 45 heavy (non-hydrogen) atoms. The van der Waals surface area contributed by atoms with E-state index < -0.39 is 45.4 Å². The Morgan fingerprint density at radius 3 is 2.31 bits per heavy atom. The van der Waals surface area contributed by atoms with Crippen LogP contribution in [0.3, 0.4) is 0 Å². The maximum atomic E-state index is 15.2. The van der Waals surface area contributed by atoms with E-state index in [0.717, 1.165) is 12.3 Å². The van der Waals surface area contributed by atoms with Gasteiger partial charge in [-0.05, 0) is 48.2 Å². The predicted molar refractivity (Wildman–Crippen MR) is 167 cm³/mol. The van der Waals surface area contributed by atoms with E-state index in [-0.39, 0.29) is 34.6 Å². The first-order valence-electron chi connectivity index (χ1n) is 13.5. The van der Waals surface area contributed by atoms with Crippen molar-refractivity contribution in [2.75, 3.05) is 6.26 Å². The van der Waals surface area contributed by atoms with Crippen LogP contribution in [0, 0.1) is 10.1 Å². The van der Waals surface area contributed by atoms with Crippen LogP contribution in [-0.4, -0.2) is 39.7 Å². The number of benzene rings is 3. The van der Waals surface area contributed by atoms with Gasteiger partial charge in [0, 0.05) is 34.6 Å². The van der Waals surface area contributed by atoms with Gasteiger partial charge >= 0.3 is 18.9 Å². The quantitative estimate of drug-likeness (QED) is 0.0982. The summed E-state index contributed by atoms with van der Waals surface area (Å²) in [4.78, 5) is 34.5. The third-order valence-electron chi connectivity index (χ3n) is 7.05. The molecule has 0 fully saturated rings. The van der Waals surface area contributed by atoms with Gasteiger partial charge in [-0.3, -0.25) is 23.8 Å². The highest BCUT2D eigenvalue weighted by Crippen LogP contribution is 2.64. The number of alkyl halides is 2. The van der Waals surface area contributed by atoms with Crippen LogP contribution in [-0.2, 0) is 37.7 Å². The van der Waals surface area contributed by atoms with E-state index >= 15 is 8.78 Å². The van der Waals surface area contributed by atoms with E-state index in [2.05, 4.69) is 15.9 Å². The van der Waals surface area contributed by atoms with Crippen molar-refractivity contribution in [2.24, 2.45) is 0 Å². The Kier molecular flexibility index (Phi) is 10.0. The van der Waals surface area contributed by atoms with Crippen LogP contribution in [0.2, 0.25) is 0 Å². The lowest BCUT2D eigenvalue weighted by molar-refractivity contribution is -0.384. The molecular weight excluding hydrogens is 699 g/mol. The summed E-state index contributed by atoms with van der Waals surface area (Å²) < 4.78 is 74.1. The molecule has 16 heteroatoms. The largest absolute Gasteiger partial charge is 0.402 e. The third-order valence-corrected chi connectivity index (χ3v) is 10.4. The average Bonchev–Trinajstić information content (AvgIpc) is 3.26. The summed E-state index contributed by atoms with van der Waals surface area (Å²) in [6.45, 7) is 2.88. The number of nitro benzene ring substituents is 1. The van der Waals surface area contributed by atoms with Gasteiger partial charge in [0.05, 0.1) is 34.7 Å². The Morgan fingerprint density at radius 1 is 1.09 bits per heavy atom. The van der Waals surface area contributed by atoms with Crippen LogP contribution in [0.4, 0.5) is 14.5 Å². The molecule has 4 aromatic rings. The van der Waals surface area contributed by atoms with E-state index in [1.807, 2.05) is 0 Å². The lowest BCUT2D eigenvalue weighted by Gasteiger charge is -2.25. The minimum atomic E-state index is -5.42. The van der Waals surface area contributed by atoms with Crippen molar-refractivity contribution in [2.45, 2.75) is 50.0 Å². The van der Waals surface area contributed by atoms with Gasteiger partial charge < -0.3 is 9.42 Å². The number of rotatable bonds is 12. The number of nitro groups is 1. The van der Waals surface area contributed by atoms with E-state index in [9.17, 15) is 32.8 Å². The second kappa shape index (κ2) is 13.1. The van der Waals surface area contributed by atoms with Crippen molar-refractivity contribution in [1.29, 1.82) is 0 Å². The highest BCUT2D eigenvalue weighted by atomic mass is 79.9. The van der Waals surface area contributed by atoms with E-state index in [0.29, 0.717) is 22.4 Å². The summed E-state index contributed by atoms with van der Waals surface area (Å²) in [5.41, 5.74) is -4.01. The number of non-ortho nitro benzene ring substituents is 1. The Labute approximate surface area is 265 Å². The Hall–Kier alpha value is -3.49. The number of hydrogen-bond donors (Lipinski definition) is 1. The number of halogens is 3. The van der Waals surface area contributed by atoms with Gasteiger partial charge in [-0.1, -0.05) is 59.3 Å². The fraction of sp³-hybridized carbons (Fsp3) is 0.276. The first-order valence-corrected chi connectivity index (χ1v) is 17.7. The van der Waals surface area contributed by atoms with Gasteiger partial charge in [0.2, 0.25) is 0 Å². The van der Waals surface area contributed by atoms with Crippen molar-refractivity contribution >= 4 is 39.1 Å². The lowest BCUT2D eigenvalue weighted by Crippen LogP contribution is -2.25. The topological polar surface area (TPSA) is 151 Å². The van der Waals surface area contributed by atoms with Crippen LogP contribution in [0.15, 0.2) is 87.1 Å². The summed E-state index contributed by atoms with van der Waals surface area (Å²) in [5.74, 6) is 0. The van der Waals surface area contributed by atoms with Gasteiger partial charge in [-0.25, -0.2) is 13.2 Å². The van der Waals surface area contributed by atoms with Crippen LogP contribution >= 0.6 is 23.5 Å². The second-order valence-electron chi connectivity index (χ2n) is 10.4. The van der Waals surface area contributed by atoms with Crippen molar-refractivity contribution < 1.29 is 36.1 Å². The summed E-state index contributed by atoms with van der Waals surface area (Å²) >= 11 is 3.08. The monoisotopic (exact) mass is 727 g/mol. The lowest BCUT2D eigenvalue weighted by atomic mass is 10.1. The molecule has 0 aliphatic carbocycles. The molecule has 0 radical (unpaired) electrons. The van der Waals surface area contributed by atoms with Crippen molar-refractivity contribution in [3.8, 4) is 11.3 Å². The number of nitrogens with zero attached hydrogens (tertiary/aromatic N) is 3. The Bertz CT molecular complexity index is 1960. The number of aromatic nitrogens is 2. The average molecular weight is 729 g/mol. The van der Waals surface area contributed by atoms with Gasteiger partial charge in [0.15, 0.2) is 9.84 Å². The third kappa shape index (κ3) is 7.50. The summed E-state index contributed by atoms with van der Waals surface area (Å²) in [6.07, 6.45) is 1.94. The second-order valence-corrected chi connectivity index (χ2v) is 15.1. The molecule has 11 nitrogen and oxygen atoms in total. The van der Waals surface area contributed by atoms with Gasteiger partial charge in [0.1, 0.15) is 0 Å². The molecule has 1 N–H and O–H groups in total. The molecule has 0 spiro atoms. The van der Waals surface area contributed by atoms with Crippen LogP contribution in [0.5, 0.6) is 0 Å². The number of sulfone groups is 1. The fourth-order valence-electron chi connectivity index (χ4n) is 4.49. The van der Waals surface area contributed by atoms with E-state index in [1.165, 1.54) is 76.9 Å². The van der Waals surface area contributed by atoms with Crippen LogP contribution in [0.1, 0.15) is 37.0 Å². The fourth-order valence-corrected chi connectivity index (χ4v) is 7.21. The predicted octanol–water partition coefficient (Wildman–Crippen LogP) is 6.54. The molecule has 1 aromatic heterocycles. The smallest absolute Gasteiger partial charge is 0.320 e.